The van der Waals surface area contributed by atoms with E-state index in [4.69, 9.17) is 4.74 Å². The zero-order valence-corrected chi connectivity index (χ0v) is 13.2. The summed E-state index contributed by atoms with van der Waals surface area (Å²) in [5.41, 5.74) is 0. The van der Waals surface area contributed by atoms with E-state index in [1.54, 1.807) is 16.1 Å². The summed E-state index contributed by atoms with van der Waals surface area (Å²) in [5, 5.41) is 1.09. The second kappa shape index (κ2) is 6.21. The van der Waals surface area contributed by atoms with Crippen LogP contribution in [-0.4, -0.2) is 80.2 Å². The highest BCUT2D eigenvalue weighted by molar-refractivity contribution is 8.14. The molecule has 2 saturated heterocycles. The molecule has 3 aliphatic rings. The summed E-state index contributed by atoms with van der Waals surface area (Å²) in [5.74, 6) is 1.46. The van der Waals surface area contributed by atoms with Crippen LogP contribution in [0.2, 0.25) is 0 Å². The van der Waals surface area contributed by atoms with Gasteiger partial charge in [0, 0.05) is 38.5 Å². The zero-order valence-electron chi connectivity index (χ0n) is 11.5. The van der Waals surface area contributed by atoms with Crippen molar-refractivity contribution < 1.29 is 13.2 Å². The molecule has 0 N–H and O–H groups in total. The molecule has 0 bridgehead atoms. The third kappa shape index (κ3) is 3.29. The Balaban J connectivity index is 1.53. The molecule has 114 valence electrons. The van der Waals surface area contributed by atoms with Gasteiger partial charge in [-0.1, -0.05) is 11.8 Å². The van der Waals surface area contributed by atoms with Crippen LogP contribution in [0.3, 0.4) is 0 Å². The Kier molecular flexibility index (Phi) is 4.54. The van der Waals surface area contributed by atoms with Gasteiger partial charge in [0.1, 0.15) is 0 Å². The van der Waals surface area contributed by atoms with Crippen LogP contribution in [0.1, 0.15) is 6.42 Å². The van der Waals surface area contributed by atoms with E-state index in [-0.39, 0.29) is 11.7 Å². The van der Waals surface area contributed by atoms with Crippen LogP contribution in [0.15, 0.2) is 4.99 Å². The molecule has 3 rings (SSSR count). The molecule has 1 atom stereocenters. The van der Waals surface area contributed by atoms with Gasteiger partial charge in [-0.25, -0.2) is 8.42 Å². The van der Waals surface area contributed by atoms with Gasteiger partial charge in [-0.15, -0.1) is 0 Å². The van der Waals surface area contributed by atoms with E-state index in [1.165, 1.54) is 0 Å². The molecule has 0 aromatic rings. The van der Waals surface area contributed by atoms with E-state index in [9.17, 15) is 8.42 Å². The molecule has 20 heavy (non-hydrogen) atoms. The minimum Gasteiger partial charge on any atom is -0.381 e. The fourth-order valence-corrected chi connectivity index (χ4v) is 5.49. The van der Waals surface area contributed by atoms with Crippen LogP contribution in [0.5, 0.6) is 0 Å². The lowest BCUT2D eigenvalue weighted by molar-refractivity contribution is 0.188. The van der Waals surface area contributed by atoms with E-state index >= 15 is 0 Å². The smallest absolute Gasteiger partial charge is 0.214 e. The van der Waals surface area contributed by atoms with E-state index < -0.39 is 10.0 Å². The van der Waals surface area contributed by atoms with Crippen LogP contribution in [0.25, 0.3) is 0 Å². The van der Waals surface area contributed by atoms with Crippen molar-refractivity contribution in [3.63, 3.8) is 0 Å². The lowest BCUT2D eigenvalue weighted by Gasteiger charge is -2.35. The Morgan fingerprint density at radius 3 is 2.70 bits per heavy atom. The summed E-state index contributed by atoms with van der Waals surface area (Å²) in [6, 6.07) is 0. The van der Waals surface area contributed by atoms with Gasteiger partial charge in [-0.2, -0.15) is 4.31 Å². The van der Waals surface area contributed by atoms with Crippen LogP contribution in [0, 0.1) is 5.92 Å². The van der Waals surface area contributed by atoms with E-state index in [1.807, 2.05) is 0 Å². The Hall–Kier alpha value is -0.310. The molecule has 0 aromatic carbocycles. The molecule has 3 aliphatic heterocycles. The maximum atomic E-state index is 12.4. The van der Waals surface area contributed by atoms with Crippen molar-refractivity contribution in [3.05, 3.63) is 0 Å². The number of aliphatic imine (C=N–C) groups is 1. The maximum absolute atomic E-state index is 12.4. The molecule has 0 saturated carbocycles. The molecular formula is C12H21N3O3S2. The Labute approximate surface area is 124 Å². The quantitative estimate of drug-likeness (QED) is 0.737. The number of nitrogens with zero attached hydrogens (tertiary/aromatic N) is 3. The molecule has 8 heteroatoms. The van der Waals surface area contributed by atoms with Crippen LogP contribution < -0.4 is 0 Å². The van der Waals surface area contributed by atoms with Crippen molar-refractivity contribution in [1.29, 1.82) is 0 Å². The molecule has 2 fully saturated rings. The standard InChI is InChI=1S/C12H21N3O3S2/c16-20(17,10-11-1-7-18-9-11)15-5-3-14(4-6-15)12-13-2-8-19-12/h11H,1-10H2. The first kappa shape index (κ1) is 14.6. The number of amidine groups is 1. The topological polar surface area (TPSA) is 62.2 Å². The first-order valence-corrected chi connectivity index (χ1v) is 9.72. The van der Waals surface area contributed by atoms with Crippen molar-refractivity contribution in [2.45, 2.75) is 6.42 Å². The number of piperazine rings is 1. The van der Waals surface area contributed by atoms with E-state index in [0.717, 1.165) is 37.0 Å². The summed E-state index contributed by atoms with van der Waals surface area (Å²) in [6.45, 7) is 4.85. The van der Waals surface area contributed by atoms with Crippen molar-refractivity contribution in [1.82, 2.24) is 9.21 Å². The van der Waals surface area contributed by atoms with Gasteiger partial charge < -0.3 is 9.64 Å². The van der Waals surface area contributed by atoms with Gasteiger partial charge in [0.2, 0.25) is 10.0 Å². The zero-order chi connectivity index (χ0) is 14.0. The molecule has 0 spiro atoms. The van der Waals surface area contributed by atoms with Crippen LogP contribution in [-0.2, 0) is 14.8 Å². The van der Waals surface area contributed by atoms with Crippen molar-refractivity contribution in [3.8, 4) is 0 Å². The summed E-state index contributed by atoms with van der Waals surface area (Å²) in [7, 11) is -3.13. The average Bonchev–Trinajstić information content (AvgIpc) is 3.11. The number of rotatable bonds is 3. The van der Waals surface area contributed by atoms with Gasteiger partial charge in [0.15, 0.2) is 5.17 Å². The Morgan fingerprint density at radius 2 is 2.10 bits per heavy atom. The van der Waals surface area contributed by atoms with Crippen molar-refractivity contribution in [2.75, 3.05) is 57.4 Å². The SMILES string of the molecule is O=S(=O)(CC1CCOC1)N1CCN(C2=NCCS2)CC1. The Morgan fingerprint density at radius 1 is 1.30 bits per heavy atom. The number of sulfonamides is 1. The van der Waals surface area contributed by atoms with Gasteiger partial charge in [-0.3, -0.25) is 4.99 Å². The monoisotopic (exact) mass is 319 g/mol. The van der Waals surface area contributed by atoms with Gasteiger partial charge in [0.25, 0.3) is 0 Å². The fraction of sp³-hybridized carbons (Fsp3) is 0.917. The minimum atomic E-state index is -3.13. The fourth-order valence-electron chi connectivity index (χ4n) is 2.79. The van der Waals surface area contributed by atoms with Gasteiger partial charge in [0.05, 0.1) is 18.9 Å². The summed E-state index contributed by atoms with van der Waals surface area (Å²) in [4.78, 5) is 6.66. The Bertz CT molecular complexity index is 466. The lowest BCUT2D eigenvalue weighted by Crippen LogP contribution is -2.50. The van der Waals surface area contributed by atoms with Crippen molar-refractivity contribution in [2.24, 2.45) is 10.9 Å². The lowest BCUT2D eigenvalue weighted by atomic mass is 10.2. The van der Waals surface area contributed by atoms with E-state index in [2.05, 4.69) is 9.89 Å². The maximum Gasteiger partial charge on any atom is 0.214 e. The van der Waals surface area contributed by atoms with Crippen LogP contribution >= 0.6 is 11.8 Å². The first-order chi connectivity index (χ1) is 9.65. The number of thioether (sulfide) groups is 1. The second-order valence-electron chi connectivity index (χ2n) is 5.41. The molecule has 6 nitrogen and oxygen atoms in total. The third-order valence-electron chi connectivity index (χ3n) is 3.94. The largest absolute Gasteiger partial charge is 0.381 e. The second-order valence-corrected chi connectivity index (χ2v) is 8.48. The highest BCUT2D eigenvalue weighted by atomic mass is 32.2. The number of hydrogen-bond donors (Lipinski definition) is 0. The molecule has 0 aliphatic carbocycles. The predicted octanol–water partition coefficient (Wildman–Crippen LogP) is 0.0731. The summed E-state index contributed by atoms with van der Waals surface area (Å²) >= 11 is 1.78. The highest BCUT2D eigenvalue weighted by Gasteiger charge is 2.31. The van der Waals surface area contributed by atoms with Gasteiger partial charge >= 0.3 is 0 Å². The molecule has 0 aromatic heterocycles. The molecule has 0 radical (unpaired) electrons. The number of ether oxygens (including phenoxy) is 1. The molecule has 0 amide bonds. The van der Waals surface area contributed by atoms with Gasteiger partial charge in [-0.05, 0) is 12.3 Å². The molecular weight excluding hydrogens is 298 g/mol. The van der Waals surface area contributed by atoms with Crippen molar-refractivity contribution >= 4 is 27.0 Å². The van der Waals surface area contributed by atoms with Crippen LogP contribution in [0.4, 0.5) is 0 Å². The number of hydrogen-bond acceptors (Lipinski definition) is 6. The molecule has 3 heterocycles. The highest BCUT2D eigenvalue weighted by Crippen LogP contribution is 2.20. The third-order valence-corrected chi connectivity index (χ3v) is 7.02. The normalized spacial score (nSPS) is 28.9. The summed E-state index contributed by atoms with van der Waals surface area (Å²) in [6.07, 6.45) is 0.868. The molecule has 1 unspecified atom stereocenters. The summed E-state index contributed by atoms with van der Waals surface area (Å²) < 4.78 is 31.7. The predicted molar refractivity (Wildman–Crippen MR) is 80.6 cm³/mol. The average molecular weight is 319 g/mol. The minimum absolute atomic E-state index is 0.174. The van der Waals surface area contributed by atoms with E-state index in [0.29, 0.717) is 26.3 Å². The first-order valence-electron chi connectivity index (χ1n) is 7.13.